The fraction of sp³-hybridized carbons (Fsp3) is 0.226. The Balaban J connectivity index is 1.48. The highest BCUT2D eigenvalue weighted by molar-refractivity contribution is 7.80. The average Bonchev–Trinajstić information content (AvgIpc) is 3.60. The molecule has 0 saturated carbocycles. The Morgan fingerprint density at radius 3 is 2.58 bits per heavy atom. The van der Waals surface area contributed by atoms with Gasteiger partial charge in [0.1, 0.15) is 0 Å². The minimum Gasteiger partial charge on any atom is -0.465 e. The normalized spacial score (nSPS) is 16.4. The Kier molecular flexibility index (Phi) is 8.21. The lowest BCUT2D eigenvalue weighted by atomic mass is 10.0. The number of nitrogens with one attached hydrogen (secondary N) is 2. The highest BCUT2D eigenvalue weighted by atomic mass is 32.1. The molecule has 0 bridgehead atoms. The Labute approximate surface area is 239 Å². The maximum Gasteiger partial charge on any atom is 0.339 e. The number of pyridine rings is 1. The van der Waals surface area contributed by atoms with E-state index in [1.807, 2.05) is 88.5 Å². The van der Waals surface area contributed by atoms with Crippen molar-refractivity contribution in [2.75, 3.05) is 19.0 Å². The van der Waals surface area contributed by atoms with Crippen molar-refractivity contribution in [1.29, 1.82) is 0 Å². The second kappa shape index (κ2) is 12.1. The van der Waals surface area contributed by atoms with Crippen molar-refractivity contribution in [3.05, 3.63) is 114 Å². The first-order chi connectivity index (χ1) is 19.5. The number of anilines is 1. The van der Waals surface area contributed by atoms with Gasteiger partial charge in [0.2, 0.25) is 5.91 Å². The highest BCUT2D eigenvalue weighted by Crippen LogP contribution is 2.40. The van der Waals surface area contributed by atoms with E-state index in [-0.39, 0.29) is 24.4 Å². The minimum absolute atomic E-state index is 0.0878. The first kappa shape index (κ1) is 27.1. The Morgan fingerprint density at radius 2 is 1.80 bits per heavy atom. The van der Waals surface area contributed by atoms with Crippen LogP contribution in [0.25, 0.3) is 5.69 Å². The quantitative estimate of drug-likeness (QED) is 0.217. The standard InChI is InChI=1S/C31H31N5O3S/c1-3-21-11-4-6-13-23(21)33-27(37)17-20-36-29(28(34-31(36)40)24-14-8-9-18-32-24)26-16-10-19-35(26)25-15-7-5-12-22(25)30(38)39-2/h4-16,18-19,28-29H,3,17,20H2,1-2H3,(H,33,37)(H,34,40)/t28-,29+/m1/s1. The van der Waals surface area contributed by atoms with E-state index >= 15 is 0 Å². The van der Waals surface area contributed by atoms with Gasteiger partial charge in [-0.3, -0.25) is 9.78 Å². The van der Waals surface area contributed by atoms with Crippen LogP contribution in [0.3, 0.4) is 0 Å². The number of hydrogen-bond acceptors (Lipinski definition) is 5. The van der Waals surface area contributed by atoms with Crippen LogP contribution in [0.5, 0.6) is 0 Å². The van der Waals surface area contributed by atoms with Gasteiger partial charge < -0.3 is 24.8 Å². The van der Waals surface area contributed by atoms with Gasteiger partial charge in [0.05, 0.1) is 36.1 Å². The van der Waals surface area contributed by atoms with Gasteiger partial charge in [0, 0.05) is 36.7 Å². The molecular weight excluding hydrogens is 522 g/mol. The number of ether oxygens (including phenoxy) is 1. The lowest BCUT2D eigenvalue weighted by molar-refractivity contribution is -0.116. The summed E-state index contributed by atoms with van der Waals surface area (Å²) in [6.07, 6.45) is 4.74. The molecule has 0 radical (unpaired) electrons. The lowest BCUT2D eigenvalue weighted by Gasteiger charge is -2.29. The summed E-state index contributed by atoms with van der Waals surface area (Å²) in [6, 6.07) is 24.3. The molecule has 9 heteroatoms. The van der Waals surface area contributed by atoms with E-state index in [0.29, 0.717) is 22.9 Å². The molecule has 204 valence electrons. The molecule has 1 fully saturated rings. The molecule has 2 N–H and O–H groups in total. The van der Waals surface area contributed by atoms with Crippen LogP contribution in [0.1, 0.15) is 52.7 Å². The molecule has 0 unspecified atom stereocenters. The van der Waals surface area contributed by atoms with Gasteiger partial charge in [-0.25, -0.2) is 4.79 Å². The van der Waals surface area contributed by atoms with Crippen LogP contribution in [0.2, 0.25) is 0 Å². The zero-order valence-electron chi connectivity index (χ0n) is 22.4. The van der Waals surface area contributed by atoms with E-state index in [0.717, 1.165) is 29.1 Å². The van der Waals surface area contributed by atoms with Crippen LogP contribution in [0.15, 0.2) is 91.3 Å². The highest BCUT2D eigenvalue weighted by Gasteiger charge is 2.41. The van der Waals surface area contributed by atoms with Crippen molar-refractivity contribution < 1.29 is 14.3 Å². The van der Waals surface area contributed by atoms with Crippen LogP contribution < -0.4 is 10.6 Å². The zero-order chi connectivity index (χ0) is 28.1. The average molecular weight is 554 g/mol. The fourth-order valence-corrected chi connectivity index (χ4v) is 5.51. The number of carbonyl (C=O) groups excluding carboxylic acids is 2. The Bertz CT molecular complexity index is 1520. The molecule has 8 nitrogen and oxygen atoms in total. The van der Waals surface area contributed by atoms with Crippen LogP contribution >= 0.6 is 12.2 Å². The molecule has 5 rings (SSSR count). The van der Waals surface area contributed by atoms with E-state index in [2.05, 4.69) is 22.5 Å². The molecule has 2 aromatic carbocycles. The van der Waals surface area contributed by atoms with Crippen molar-refractivity contribution >= 4 is 34.9 Å². The maximum atomic E-state index is 13.1. The van der Waals surface area contributed by atoms with Crippen LogP contribution in [-0.2, 0) is 16.0 Å². The lowest BCUT2D eigenvalue weighted by Crippen LogP contribution is -2.33. The van der Waals surface area contributed by atoms with Gasteiger partial charge in [-0.2, -0.15) is 0 Å². The number of hydrogen-bond donors (Lipinski definition) is 2. The Hall–Kier alpha value is -4.50. The summed E-state index contributed by atoms with van der Waals surface area (Å²) in [6.45, 7) is 2.46. The van der Waals surface area contributed by atoms with Crippen LogP contribution in [-0.4, -0.2) is 45.1 Å². The number of rotatable bonds is 9. The van der Waals surface area contributed by atoms with Crippen molar-refractivity contribution in [3.8, 4) is 5.69 Å². The van der Waals surface area contributed by atoms with E-state index in [9.17, 15) is 9.59 Å². The van der Waals surface area contributed by atoms with Crippen molar-refractivity contribution in [2.45, 2.75) is 31.8 Å². The number of aromatic nitrogens is 2. The minimum atomic E-state index is -0.419. The number of nitrogens with zero attached hydrogens (tertiary/aromatic N) is 3. The Morgan fingerprint density at radius 1 is 1.02 bits per heavy atom. The van der Waals surface area contributed by atoms with Crippen LogP contribution in [0, 0.1) is 0 Å². The monoisotopic (exact) mass is 553 g/mol. The number of thiocarbonyl (C=S) groups is 1. The van der Waals surface area contributed by atoms with Crippen molar-refractivity contribution in [3.63, 3.8) is 0 Å². The molecule has 4 aromatic rings. The summed E-state index contributed by atoms with van der Waals surface area (Å²) in [7, 11) is 1.37. The van der Waals surface area contributed by atoms with Gasteiger partial charge in [-0.15, -0.1) is 0 Å². The van der Waals surface area contributed by atoms with E-state index in [1.54, 1.807) is 12.3 Å². The second-order valence-corrected chi connectivity index (χ2v) is 9.83. The summed E-state index contributed by atoms with van der Waals surface area (Å²) in [5.74, 6) is -0.507. The molecule has 40 heavy (non-hydrogen) atoms. The maximum absolute atomic E-state index is 13.1. The van der Waals surface area contributed by atoms with Crippen LogP contribution in [0.4, 0.5) is 5.69 Å². The summed E-state index contributed by atoms with van der Waals surface area (Å²) in [4.78, 5) is 32.3. The predicted molar refractivity (Wildman–Crippen MR) is 158 cm³/mol. The molecule has 1 amide bonds. The van der Waals surface area contributed by atoms with Gasteiger partial charge in [-0.1, -0.05) is 43.3 Å². The fourth-order valence-electron chi connectivity index (χ4n) is 5.17. The zero-order valence-corrected chi connectivity index (χ0v) is 23.2. The van der Waals surface area contributed by atoms with E-state index < -0.39 is 5.97 Å². The second-order valence-electron chi connectivity index (χ2n) is 9.44. The van der Waals surface area contributed by atoms with Gasteiger partial charge >= 0.3 is 5.97 Å². The number of benzene rings is 2. The number of amides is 1. The summed E-state index contributed by atoms with van der Waals surface area (Å²) in [5.41, 5.74) is 4.79. The molecular formula is C31H31N5O3S. The van der Waals surface area contributed by atoms with Gasteiger partial charge in [0.15, 0.2) is 5.11 Å². The largest absolute Gasteiger partial charge is 0.465 e. The number of methoxy groups -OCH3 is 1. The SMILES string of the molecule is CCc1ccccc1NC(=O)CCN1C(=S)N[C@H](c2ccccn2)[C@@H]1c1cccn1-c1ccccc1C(=O)OC. The van der Waals surface area contributed by atoms with Gasteiger partial charge in [0.25, 0.3) is 0 Å². The molecule has 2 atom stereocenters. The van der Waals surface area contributed by atoms with E-state index in [1.165, 1.54) is 7.11 Å². The summed E-state index contributed by atoms with van der Waals surface area (Å²) < 4.78 is 7.03. The molecule has 0 spiro atoms. The van der Waals surface area contributed by atoms with Crippen molar-refractivity contribution in [1.82, 2.24) is 19.8 Å². The third kappa shape index (κ3) is 5.46. The first-order valence-corrected chi connectivity index (χ1v) is 13.6. The summed E-state index contributed by atoms with van der Waals surface area (Å²) in [5, 5.41) is 7.03. The molecule has 1 aliphatic heterocycles. The first-order valence-electron chi connectivity index (χ1n) is 13.2. The third-order valence-corrected chi connectivity index (χ3v) is 7.45. The number of esters is 1. The predicted octanol–water partition coefficient (Wildman–Crippen LogP) is 5.22. The third-order valence-electron chi connectivity index (χ3n) is 7.10. The molecule has 1 aliphatic rings. The topological polar surface area (TPSA) is 88.5 Å². The number of carbonyl (C=O) groups is 2. The summed E-state index contributed by atoms with van der Waals surface area (Å²) >= 11 is 5.81. The number of aryl methyl sites for hydroxylation is 1. The molecule has 1 saturated heterocycles. The number of para-hydroxylation sites is 2. The van der Waals surface area contributed by atoms with E-state index in [4.69, 9.17) is 17.0 Å². The molecule has 2 aromatic heterocycles. The van der Waals surface area contributed by atoms with Gasteiger partial charge in [-0.05, 0) is 66.7 Å². The van der Waals surface area contributed by atoms with Crippen molar-refractivity contribution in [2.24, 2.45) is 0 Å². The molecule has 3 heterocycles. The smallest absolute Gasteiger partial charge is 0.339 e. The molecule has 0 aliphatic carbocycles.